The Morgan fingerprint density at radius 3 is 2.67 bits per heavy atom. The van der Waals surface area contributed by atoms with E-state index >= 15 is 0 Å². The van der Waals surface area contributed by atoms with Crippen LogP contribution in [0.2, 0.25) is 0 Å². The number of halogens is 1. The molecule has 1 unspecified atom stereocenters. The van der Waals surface area contributed by atoms with Crippen molar-refractivity contribution in [2.75, 3.05) is 18.1 Å². The Labute approximate surface area is 247 Å². The largest absolute Gasteiger partial charge is 0.481 e. The molecule has 3 heterocycles. The van der Waals surface area contributed by atoms with E-state index in [-0.39, 0.29) is 55.8 Å². The van der Waals surface area contributed by atoms with Gasteiger partial charge in [0.15, 0.2) is 5.69 Å². The van der Waals surface area contributed by atoms with Crippen molar-refractivity contribution >= 4 is 23.5 Å². The molecule has 2 aromatic carbocycles. The third-order valence-electron chi connectivity index (χ3n) is 7.44. The average Bonchev–Trinajstić information content (AvgIpc) is 3.35. The zero-order valence-electron chi connectivity index (χ0n) is 24.2. The Bertz CT molecular complexity index is 1610. The SMILES string of the molecule is CC(=O)OCC1CCC(=O)N1c1cc(F)ccc1CNC(=O)c1nc2n(c(=O)c1OCc1ccccc1)CCOC2(C)C. The van der Waals surface area contributed by atoms with E-state index in [2.05, 4.69) is 10.3 Å². The van der Waals surface area contributed by atoms with Gasteiger partial charge in [0.2, 0.25) is 11.7 Å². The van der Waals surface area contributed by atoms with Crippen LogP contribution in [0.15, 0.2) is 53.3 Å². The summed E-state index contributed by atoms with van der Waals surface area (Å²) in [4.78, 5) is 57.4. The summed E-state index contributed by atoms with van der Waals surface area (Å²) < 4.78 is 32.7. The molecule has 2 aliphatic heterocycles. The summed E-state index contributed by atoms with van der Waals surface area (Å²) in [7, 11) is 0. The highest BCUT2D eigenvalue weighted by Crippen LogP contribution is 2.32. The number of benzene rings is 2. The molecule has 1 aromatic heterocycles. The summed E-state index contributed by atoms with van der Waals surface area (Å²) in [6, 6.07) is 12.6. The lowest BCUT2D eigenvalue weighted by Crippen LogP contribution is -2.43. The van der Waals surface area contributed by atoms with Gasteiger partial charge >= 0.3 is 5.97 Å². The van der Waals surface area contributed by atoms with Crippen molar-refractivity contribution in [1.29, 1.82) is 0 Å². The van der Waals surface area contributed by atoms with Crippen LogP contribution in [-0.4, -0.2) is 46.6 Å². The van der Waals surface area contributed by atoms with Gasteiger partial charge in [0.25, 0.3) is 11.5 Å². The Morgan fingerprint density at radius 1 is 1.16 bits per heavy atom. The van der Waals surface area contributed by atoms with E-state index in [4.69, 9.17) is 14.2 Å². The molecule has 1 atom stereocenters. The number of nitrogens with one attached hydrogen (secondary N) is 1. The van der Waals surface area contributed by atoms with Crippen LogP contribution >= 0.6 is 0 Å². The number of aromatic nitrogens is 2. The second kappa shape index (κ2) is 12.3. The third-order valence-corrected chi connectivity index (χ3v) is 7.44. The van der Waals surface area contributed by atoms with Crippen LogP contribution in [0.3, 0.4) is 0 Å². The molecule has 0 radical (unpaired) electrons. The Balaban J connectivity index is 1.45. The van der Waals surface area contributed by atoms with Gasteiger partial charge < -0.3 is 24.4 Å². The normalized spacial score (nSPS) is 17.3. The maximum Gasteiger partial charge on any atom is 0.302 e. The quantitative estimate of drug-likeness (QED) is 0.375. The van der Waals surface area contributed by atoms with Crippen LogP contribution in [0.4, 0.5) is 10.1 Å². The van der Waals surface area contributed by atoms with E-state index in [1.165, 1.54) is 34.6 Å². The minimum Gasteiger partial charge on any atom is -0.481 e. The van der Waals surface area contributed by atoms with Crippen molar-refractivity contribution in [2.24, 2.45) is 0 Å². The topological polar surface area (TPSA) is 129 Å². The fourth-order valence-corrected chi connectivity index (χ4v) is 5.29. The van der Waals surface area contributed by atoms with Gasteiger partial charge in [-0.25, -0.2) is 9.37 Å². The van der Waals surface area contributed by atoms with E-state index < -0.39 is 34.9 Å². The summed E-state index contributed by atoms with van der Waals surface area (Å²) in [5, 5.41) is 2.76. The Kier molecular flexibility index (Phi) is 8.58. The second-order valence-electron chi connectivity index (χ2n) is 10.9. The molecule has 43 heavy (non-hydrogen) atoms. The van der Waals surface area contributed by atoms with Gasteiger partial charge in [-0.2, -0.15) is 0 Å². The third kappa shape index (κ3) is 6.43. The molecule has 1 fully saturated rings. The molecule has 0 bridgehead atoms. The fraction of sp³-hybridized carbons (Fsp3) is 0.387. The van der Waals surface area contributed by atoms with Crippen LogP contribution in [-0.2, 0) is 44.4 Å². The molecule has 2 amide bonds. The summed E-state index contributed by atoms with van der Waals surface area (Å²) in [6.45, 7) is 5.25. The van der Waals surface area contributed by atoms with Crippen molar-refractivity contribution in [1.82, 2.24) is 14.9 Å². The maximum atomic E-state index is 14.4. The lowest BCUT2D eigenvalue weighted by atomic mass is 10.1. The number of anilines is 1. The number of carbonyl (C=O) groups is 3. The van der Waals surface area contributed by atoms with Crippen molar-refractivity contribution in [2.45, 2.75) is 65.0 Å². The molecule has 2 aliphatic rings. The lowest BCUT2D eigenvalue weighted by molar-refractivity contribution is -0.141. The van der Waals surface area contributed by atoms with E-state index in [1.807, 2.05) is 30.3 Å². The predicted molar refractivity (Wildman–Crippen MR) is 153 cm³/mol. The first-order valence-corrected chi connectivity index (χ1v) is 14.0. The first kappa shape index (κ1) is 29.9. The van der Waals surface area contributed by atoms with Crippen molar-refractivity contribution in [3.05, 3.63) is 87.3 Å². The van der Waals surface area contributed by atoms with Gasteiger partial charge in [0.1, 0.15) is 30.5 Å². The highest BCUT2D eigenvalue weighted by molar-refractivity contribution is 5.97. The molecule has 0 aliphatic carbocycles. The smallest absolute Gasteiger partial charge is 0.302 e. The van der Waals surface area contributed by atoms with E-state index in [1.54, 1.807) is 13.8 Å². The number of fused-ring (bicyclic) bond motifs is 1. The summed E-state index contributed by atoms with van der Waals surface area (Å²) in [6.07, 6.45) is 0.634. The Morgan fingerprint density at radius 2 is 1.93 bits per heavy atom. The number of rotatable bonds is 9. The first-order chi connectivity index (χ1) is 20.5. The number of hydrogen-bond donors (Lipinski definition) is 1. The fourth-order valence-electron chi connectivity index (χ4n) is 5.29. The molecule has 1 N–H and O–H groups in total. The van der Waals surface area contributed by atoms with Crippen LogP contribution in [0.25, 0.3) is 0 Å². The van der Waals surface area contributed by atoms with Gasteiger partial charge in [-0.1, -0.05) is 36.4 Å². The number of amides is 2. The van der Waals surface area contributed by atoms with E-state index in [9.17, 15) is 23.6 Å². The van der Waals surface area contributed by atoms with Crippen molar-refractivity contribution in [3.63, 3.8) is 0 Å². The standard InChI is InChI=1S/C31H33FN4O7/c1-19(37)41-18-23-11-12-25(38)36(23)24-15-22(32)10-9-21(24)16-33-28(39)26-27(42-17-20-7-5-4-6-8-20)29(40)35-13-14-43-31(2,3)30(35)34-26/h4-10,15,23H,11-14,16-18H2,1-3H3,(H,33,39). The molecular weight excluding hydrogens is 559 g/mol. The molecule has 3 aromatic rings. The molecule has 5 rings (SSSR count). The van der Waals surface area contributed by atoms with E-state index in [0.29, 0.717) is 24.4 Å². The molecule has 12 heteroatoms. The minimum atomic E-state index is -0.929. The van der Waals surface area contributed by atoms with Gasteiger partial charge in [0.05, 0.1) is 24.9 Å². The number of esters is 1. The number of nitrogens with zero attached hydrogens (tertiary/aromatic N) is 3. The number of carbonyl (C=O) groups excluding carboxylic acids is 3. The monoisotopic (exact) mass is 592 g/mol. The number of ether oxygens (including phenoxy) is 3. The zero-order valence-corrected chi connectivity index (χ0v) is 24.2. The predicted octanol–water partition coefficient (Wildman–Crippen LogP) is 3.22. The Hall–Kier alpha value is -4.58. The molecule has 226 valence electrons. The molecule has 11 nitrogen and oxygen atoms in total. The average molecular weight is 593 g/mol. The summed E-state index contributed by atoms with van der Waals surface area (Å²) in [5.74, 6) is -1.90. The van der Waals surface area contributed by atoms with Crippen molar-refractivity contribution in [3.8, 4) is 5.75 Å². The maximum absolute atomic E-state index is 14.4. The van der Waals surface area contributed by atoms with Crippen LogP contribution in [0, 0.1) is 5.82 Å². The van der Waals surface area contributed by atoms with E-state index in [0.717, 1.165) is 5.56 Å². The summed E-state index contributed by atoms with van der Waals surface area (Å²) in [5.41, 5.74) is -0.132. The van der Waals surface area contributed by atoms with Crippen LogP contribution in [0.1, 0.15) is 61.1 Å². The summed E-state index contributed by atoms with van der Waals surface area (Å²) >= 11 is 0. The molecule has 1 saturated heterocycles. The minimum absolute atomic E-state index is 0.0354. The second-order valence-corrected chi connectivity index (χ2v) is 10.9. The first-order valence-electron chi connectivity index (χ1n) is 14.0. The molecule has 0 saturated carbocycles. The van der Waals surface area contributed by atoms with Gasteiger partial charge in [0, 0.05) is 19.9 Å². The van der Waals surface area contributed by atoms with Gasteiger partial charge in [-0.3, -0.25) is 23.7 Å². The van der Waals surface area contributed by atoms with Crippen LogP contribution < -0.4 is 20.5 Å². The highest BCUT2D eigenvalue weighted by Gasteiger charge is 2.36. The van der Waals surface area contributed by atoms with Gasteiger partial charge in [-0.05, 0) is 43.5 Å². The molecular formula is C31H33FN4O7. The van der Waals surface area contributed by atoms with Gasteiger partial charge in [-0.15, -0.1) is 0 Å². The van der Waals surface area contributed by atoms with Crippen LogP contribution in [0.5, 0.6) is 5.75 Å². The zero-order chi connectivity index (χ0) is 30.7. The molecule has 0 spiro atoms. The number of hydrogen-bond acceptors (Lipinski definition) is 8. The van der Waals surface area contributed by atoms with Crippen molar-refractivity contribution < 1.29 is 33.0 Å². The lowest BCUT2D eigenvalue weighted by Gasteiger charge is -2.33. The highest BCUT2D eigenvalue weighted by atomic mass is 19.1.